The molecule has 0 amide bonds. The van der Waals surface area contributed by atoms with Gasteiger partial charge in [-0.25, -0.2) is 9.97 Å². The molecule has 2 heterocycles. The molecule has 0 aromatic carbocycles. The predicted molar refractivity (Wildman–Crippen MR) is 76.9 cm³/mol. The highest BCUT2D eigenvalue weighted by Gasteiger charge is 2.13. The van der Waals surface area contributed by atoms with Gasteiger partial charge in [-0.1, -0.05) is 0 Å². The van der Waals surface area contributed by atoms with Crippen molar-refractivity contribution in [2.75, 3.05) is 50.5 Å². The van der Waals surface area contributed by atoms with Crippen LogP contribution in [0.2, 0.25) is 0 Å². The van der Waals surface area contributed by atoms with E-state index in [1.807, 2.05) is 6.92 Å². The second-order valence-electron chi connectivity index (χ2n) is 4.61. The van der Waals surface area contributed by atoms with Crippen LogP contribution < -0.4 is 15.4 Å². The molecule has 0 aliphatic carbocycles. The molecular weight excluding hydrogens is 242 g/mol. The lowest BCUT2D eigenvalue weighted by atomic mass is 10.4. The first-order chi connectivity index (χ1) is 9.35. The van der Waals surface area contributed by atoms with Gasteiger partial charge in [-0.05, 0) is 32.9 Å². The molecule has 0 radical (unpaired) electrons. The summed E-state index contributed by atoms with van der Waals surface area (Å²) in [7, 11) is 1.64. The number of methoxy groups -OCH3 is 1. The normalized spacial score (nSPS) is 15.5. The molecule has 1 aliphatic rings. The molecule has 1 aromatic heterocycles. The molecule has 6 nitrogen and oxygen atoms in total. The Morgan fingerprint density at radius 2 is 1.89 bits per heavy atom. The third kappa shape index (κ3) is 3.70. The van der Waals surface area contributed by atoms with E-state index in [2.05, 4.69) is 25.5 Å². The molecular formula is C13H23N5O. The number of nitrogens with one attached hydrogen (secondary N) is 2. The quantitative estimate of drug-likeness (QED) is 0.777. The summed E-state index contributed by atoms with van der Waals surface area (Å²) >= 11 is 0. The maximum absolute atomic E-state index is 5.39. The Kier molecular flexibility index (Phi) is 5.20. The van der Waals surface area contributed by atoms with Crippen molar-refractivity contribution in [3.8, 4) is 5.75 Å². The number of anilines is 2. The molecule has 0 bridgehead atoms. The third-order valence-corrected chi connectivity index (χ3v) is 3.27. The molecule has 6 heteroatoms. The largest absolute Gasteiger partial charge is 0.490 e. The average molecular weight is 265 g/mol. The summed E-state index contributed by atoms with van der Waals surface area (Å²) < 4.78 is 5.39. The maximum Gasteiger partial charge on any atom is 0.204 e. The molecule has 2 rings (SSSR count). The van der Waals surface area contributed by atoms with Gasteiger partial charge in [0.15, 0.2) is 11.6 Å². The first kappa shape index (κ1) is 13.9. The number of aromatic nitrogens is 2. The van der Waals surface area contributed by atoms with E-state index in [0.29, 0.717) is 5.75 Å². The van der Waals surface area contributed by atoms with E-state index in [1.165, 1.54) is 25.9 Å². The molecule has 0 unspecified atom stereocenters. The monoisotopic (exact) mass is 265 g/mol. The van der Waals surface area contributed by atoms with Crippen LogP contribution in [-0.4, -0.2) is 54.7 Å². The molecule has 2 N–H and O–H groups in total. The number of hydrogen-bond acceptors (Lipinski definition) is 6. The molecule has 0 saturated carbocycles. The Labute approximate surface area is 114 Å². The van der Waals surface area contributed by atoms with Gasteiger partial charge in [-0.15, -0.1) is 0 Å². The van der Waals surface area contributed by atoms with Crippen LogP contribution in [0.25, 0.3) is 0 Å². The summed E-state index contributed by atoms with van der Waals surface area (Å²) in [6.07, 6.45) is 4.20. The second kappa shape index (κ2) is 7.13. The van der Waals surface area contributed by atoms with Gasteiger partial charge in [0.25, 0.3) is 0 Å². The van der Waals surface area contributed by atoms with Gasteiger partial charge in [0, 0.05) is 19.6 Å². The van der Waals surface area contributed by atoms with Crippen LogP contribution in [0.1, 0.15) is 19.8 Å². The van der Waals surface area contributed by atoms with Crippen molar-refractivity contribution < 1.29 is 4.74 Å². The molecule has 1 fully saturated rings. The van der Waals surface area contributed by atoms with E-state index in [4.69, 9.17) is 4.74 Å². The van der Waals surface area contributed by atoms with Crippen molar-refractivity contribution in [1.82, 2.24) is 14.9 Å². The second-order valence-corrected chi connectivity index (χ2v) is 4.61. The SMILES string of the molecule is CCNc1ncnc(NCCN2CCCC2)c1OC. The minimum Gasteiger partial charge on any atom is -0.490 e. The van der Waals surface area contributed by atoms with Crippen LogP contribution in [-0.2, 0) is 0 Å². The van der Waals surface area contributed by atoms with Crippen molar-refractivity contribution in [3.63, 3.8) is 0 Å². The van der Waals surface area contributed by atoms with Gasteiger partial charge in [0.05, 0.1) is 7.11 Å². The Morgan fingerprint density at radius 3 is 2.53 bits per heavy atom. The smallest absolute Gasteiger partial charge is 0.204 e. The Bertz CT molecular complexity index is 393. The Morgan fingerprint density at radius 1 is 1.21 bits per heavy atom. The standard InChI is InChI=1S/C13H23N5O/c1-3-14-12-11(19-2)13(17-10-16-12)15-6-9-18-7-4-5-8-18/h10H,3-9H2,1-2H3,(H2,14,15,16,17). The zero-order valence-corrected chi connectivity index (χ0v) is 11.8. The van der Waals surface area contributed by atoms with Crippen LogP contribution in [0.15, 0.2) is 6.33 Å². The Balaban J connectivity index is 1.92. The highest BCUT2D eigenvalue weighted by Crippen LogP contribution is 2.28. The summed E-state index contributed by atoms with van der Waals surface area (Å²) in [6.45, 7) is 7.18. The minimum absolute atomic E-state index is 0.686. The van der Waals surface area contributed by atoms with Gasteiger partial charge in [-0.2, -0.15) is 0 Å². The van der Waals surface area contributed by atoms with Crippen LogP contribution in [0.3, 0.4) is 0 Å². The number of likely N-dealkylation sites (tertiary alicyclic amines) is 1. The van der Waals surface area contributed by atoms with Crippen molar-refractivity contribution in [3.05, 3.63) is 6.33 Å². The van der Waals surface area contributed by atoms with Gasteiger partial charge in [0.2, 0.25) is 5.75 Å². The molecule has 0 atom stereocenters. The molecule has 1 saturated heterocycles. The zero-order chi connectivity index (χ0) is 13.5. The van der Waals surface area contributed by atoms with Crippen LogP contribution in [0.5, 0.6) is 5.75 Å². The van der Waals surface area contributed by atoms with Gasteiger partial charge in [-0.3, -0.25) is 0 Å². The molecule has 1 aliphatic heterocycles. The van der Waals surface area contributed by atoms with E-state index in [9.17, 15) is 0 Å². The van der Waals surface area contributed by atoms with E-state index in [1.54, 1.807) is 13.4 Å². The summed E-state index contributed by atoms with van der Waals surface area (Å²) in [5.41, 5.74) is 0. The summed E-state index contributed by atoms with van der Waals surface area (Å²) in [5, 5.41) is 6.50. The van der Waals surface area contributed by atoms with Gasteiger partial charge >= 0.3 is 0 Å². The fourth-order valence-corrected chi connectivity index (χ4v) is 2.33. The molecule has 0 spiro atoms. The number of hydrogen-bond donors (Lipinski definition) is 2. The van der Waals surface area contributed by atoms with Crippen LogP contribution in [0, 0.1) is 0 Å². The van der Waals surface area contributed by atoms with E-state index < -0.39 is 0 Å². The van der Waals surface area contributed by atoms with Crippen molar-refractivity contribution in [2.24, 2.45) is 0 Å². The van der Waals surface area contributed by atoms with E-state index >= 15 is 0 Å². The molecule has 106 valence electrons. The average Bonchev–Trinajstić information content (AvgIpc) is 2.93. The lowest BCUT2D eigenvalue weighted by Gasteiger charge is -2.17. The van der Waals surface area contributed by atoms with Crippen molar-refractivity contribution >= 4 is 11.6 Å². The fraction of sp³-hybridized carbons (Fsp3) is 0.692. The summed E-state index contributed by atoms with van der Waals surface area (Å²) in [6, 6.07) is 0. The number of ether oxygens (including phenoxy) is 1. The first-order valence-electron chi connectivity index (χ1n) is 6.94. The number of rotatable bonds is 7. The summed E-state index contributed by atoms with van der Waals surface area (Å²) in [4.78, 5) is 10.9. The van der Waals surface area contributed by atoms with E-state index in [0.717, 1.165) is 31.3 Å². The third-order valence-electron chi connectivity index (χ3n) is 3.27. The first-order valence-corrected chi connectivity index (χ1v) is 6.94. The Hall–Kier alpha value is -1.56. The lowest BCUT2D eigenvalue weighted by molar-refractivity contribution is 0.352. The molecule has 19 heavy (non-hydrogen) atoms. The lowest BCUT2D eigenvalue weighted by Crippen LogP contribution is -2.26. The highest BCUT2D eigenvalue weighted by molar-refractivity contribution is 5.63. The van der Waals surface area contributed by atoms with Crippen LogP contribution >= 0.6 is 0 Å². The molecule has 1 aromatic rings. The zero-order valence-electron chi connectivity index (χ0n) is 11.8. The van der Waals surface area contributed by atoms with Crippen molar-refractivity contribution in [1.29, 1.82) is 0 Å². The van der Waals surface area contributed by atoms with E-state index in [-0.39, 0.29) is 0 Å². The summed E-state index contributed by atoms with van der Waals surface area (Å²) in [5.74, 6) is 2.18. The highest BCUT2D eigenvalue weighted by atomic mass is 16.5. The van der Waals surface area contributed by atoms with Gasteiger partial charge < -0.3 is 20.3 Å². The minimum atomic E-state index is 0.686. The predicted octanol–water partition coefficient (Wildman–Crippen LogP) is 1.42. The topological polar surface area (TPSA) is 62.3 Å². The van der Waals surface area contributed by atoms with Crippen molar-refractivity contribution in [2.45, 2.75) is 19.8 Å². The van der Waals surface area contributed by atoms with Crippen LogP contribution in [0.4, 0.5) is 11.6 Å². The maximum atomic E-state index is 5.39. The number of nitrogens with zero attached hydrogens (tertiary/aromatic N) is 3. The van der Waals surface area contributed by atoms with Gasteiger partial charge in [0.1, 0.15) is 6.33 Å². The fourth-order valence-electron chi connectivity index (χ4n) is 2.33.